The third-order valence-corrected chi connectivity index (χ3v) is 2.62. The van der Waals surface area contributed by atoms with E-state index in [1.165, 1.54) is 13.8 Å². The minimum Gasteiger partial charge on any atom is -0.350 e. The summed E-state index contributed by atoms with van der Waals surface area (Å²) in [4.78, 5) is 24.2. The number of carbonyl (C=O) groups excluding carboxylic acids is 2. The van der Waals surface area contributed by atoms with Crippen LogP contribution >= 0.6 is 0 Å². The van der Waals surface area contributed by atoms with Crippen molar-refractivity contribution in [1.29, 1.82) is 0 Å². The summed E-state index contributed by atoms with van der Waals surface area (Å²) in [6.45, 7) is 11.6. The molecule has 5 heteroatoms. The van der Waals surface area contributed by atoms with E-state index < -0.39 is 0 Å². The summed E-state index contributed by atoms with van der Waals surface area (Å²) in [5, 5.41) is 5.73. The number of hydrogen-bond acceptors (Lipinski definition) is 3. The molecule has 0 aromatic heterocycles. The molecule has 17 heavy (non-hydrogen) atoms. The first-order valence-corrected chi connectivity index (χ1v) is 6.29. The molecular weight excluding hydrogens is 218 g/mol. The molecule has 5 nitrogen and oxygen atoms in total. The van der Waals surface area contributed by atoms with E-state index in [4.69, 9.17) is 0 Å². The van der Waals surface area contributed by atoms with Gasteiger partial charge in [0.15, 0.2) is 0 Å². The van der Waals surface area contributed by atoms with Gasteiger partial charge in [-0.05, 0) is 6.54 Å². The zero-order chi connectivity index (χ0) is 13.4. The summed E-state index contributed by atoms with van der Waals surface area (Å²) < 4.78 is 0. The van der Waals surface area contributed by atoms with E-state index in [0.717, 1.165) is 19.6 Å². The summed E-state index contributed by atoms with van der Waals surface area (Å²) in [7, 11) is 0. The summed E-state index contributed by atoms with van der Waals surface area (Å²) in [5.41, 5.74) is 0. The standard InChI is InChI=1S/C10H19N3O2.C2H6/c1-4-13-5-9(11-7(2)14)10(6-13)12-8(3)15;1-2/h9-10H,4-6H2,1-3H3,(H,11,14)(H,12,15);1-2H3. The molecule has 1 aliphatic rings. The molecule has 1 saturated heterocycles. The number of amides is 2. The zero-order valence-electron chi connectivity index (χ0n) is 11.5. The smallest absolute Gasteiger partial charge is 0.217 e. The van der Waals surface area contributed by atoms with E-state index >= 15 is 0 Å². The topological polar surface area (TPSA) is 61.4 Å². The Labute approximate surface area is 104 Å². The SMILES string of the molecule is CC.CCN1CC(NC(C)=O)C(NC(C)=O)C1. The van der Waals surface area contributed by atoms with Gasteiger partial charge in [0.05, 0.1) is 12.1 Å². The average molecular weight is 243 g/mol. The Kier molecular flexibility index (Phi) is 7.54. The molecule has 2 N–H and O–H groups in total. The molecule has 0 aromatic rings. The summed E-state index contributed by atoms with van der Waals surface area (Å²) in [6.07, 6.45) is 0. The second kappa shape index (κ2) is 8.06. The van der Waals surface area contributed by atoms with Gasteiger partial charge in [0.25, 0.3) is 0 Å². The minimum absolute atomic E-state index is 0.0337. The van der Waals surface area contributed by atoms with Gasteiger partial charge < -0.3 is 10.6 Å². The number of rotatable bonds is 3. The van der Waals surface area contributed by atoms with Gasteiger partial charge >= 0.3 is 0 Å². The van der Waals surface area contributed by atoms with Gasteiger partial charge in [-0.25, -0.2) is 0 Å². The van der Waals surface area contributed by atoms with Gasteiger partial charge in [0.1, 0.15) is 0 Å². The molecule has 1 heterocycles. The van der Waals surface area contributed by atoms with Crippen LogP contribution in [0.25, 0.3) is 0 Å². The average Bonchev–Trinajstić information content (AvgIpc) is 2.62. The first-order valence-electron chi connectivity index (χ1n) is 6.29. The monoisotopic (exact) mass is 243 g/mol. The molecule has 1 rings (SSSR count). The molecule has 0 bridgehead atoms. The Morgan fingerprint density at radius 3 is 1.65 bits per heavy atom. The lowest BCUT2D eigenvalue weighted by Gasteiger charge is -2.19. The molecule has 2 amide bonds. The molecule has 0 aliphatic carbocycles. The lowest BCUT2D eigenvalue weighted by atomic mass is 10.1. The molecular formula is C12H25N3O2. The van der Waals surface area contributed by atoms with E-state index in [1.54, 1.807) is 0 Å². The quantitative estimate of drug-likeness (QED) is 0.752. The van der Waals surface area contributed by atoms with Crippen LogP contribution in [0.2, 0.25) is 0 Å². The summed E-state index contributed by atoms with van der Waals surface area (Å²) in [5.74, 6) is -0.0957. The van der Waals surface area contributed by atoms with Crippen LogP contribution in [0.1, 0.15) is 34.6 Å². The van der Waals surface area contributed by atoms with Crippen LogP contribution in [-0.2, 0) is 9.59 Å². The highest BCUT2D eigenvalue weighted by atomic mass is 16.2. The summed E-state index contributed by atoms with van der Waals surface area (Å²) >= 11 is 0. The van der Waals surface area contributed by atoms with E-state index in [2.05, 4.69) is 22.5 Å². The third kappa shape index (κ3) is 5.68. The van der Waals surface area contributed by atoms with Crippen molar-refractivity contribution in [1.82, 2.24) is 15.5 Å². The lowest BCUT2D eigenvalue weighted by Crippen LogP contribution is -2.49. The maximum atomic E-state index is 11.0. The van der Waals surface area contributed by atoms with E-state index in [0.29, 0.717) is 0 Å². The molecule has 2 atom stereocenters. The number of nitrogens with one attached hydrogen (secondary N) is 2. The van der Waals surface area contributed by atoms with E-state index in [1.807, 2.05) is 13.8 Å². The van der Waals surface area contributed by atoms with Gasteiger partial charge in [0.2, 0.25) is 11.8 Å². The van der Waals surface area contributed by atoms with Crippen molar-refractivity contribution in [2.75, 3.05) is 19.6 Å². The van der Waals surface area contributed by atoms with Crippen molar-refractivity contribution < 1.29 is 9.59 Å². The first kappa shape index (κ1) is 15.9. The Morgan fingerprint density at radius 1 is 1.06 bits per heavy atom. The first-order chi connectivity index (χ1) is 8.02. The van der Waals surface area contributed by atoms with Crippen LogP contribution in [0.4, 0.5) is 0 Å². The fraction of sp³-hybridized carbons (Fsp3) is 0.833. The Bertz CT molecular complexity index is 232. The maximum absolute atomic E-state index is 11.0. The Morgan fingerprint density at radius 2 is 1.41 bits per heavy atom. The van der Waals surface area contributed by atoms with Crippen molar-refractivity contribution in [3.05, 3.63) is 0 Å². The number of likely N-dealkylation sites (N-methyl/N-ethyl adjacent to an activating group) is 1. The molecule has 100 valence electrons. The van der Waals surface area contributed by atoms with E-state index in [-0.39, 0.29) is 23.9 Å². The summed E-state index contributed by atoms with van der Waals surface area (Å²) in [6, 6.07) is 0.0673. The van der Waals surface area contributed by atoms with Gasteiger partial charge in [-0.2, -0.15) is 0 Å². The van der Waals surface area contributed by atoms with Crippen molar-refractivity contribution in [2.45, 2.75) is 46.7 Å². The van der Waals surface area contributed by atoms with Crippen LogP contribution in [0.15, 0.2) is 0 Å². The predicted molar refractivity (Wildman–Crippen MR) is 68.7 cm³/mol. The van der Waals surface area contributed by atoms with E-state index in [9.17, 15) is 9.59 Å². The van der Waals surface area contributed by atoms with Gasteiger partial charge in [-0.3, -0.25) is 14.5 Å². The zero-order valence-corrected chi connectivity index (χ0v) is 11.5. The number of hydrogen-bond donors (Lipinski definition) is 2. The molecule has 0 saturated carbocycles. The molecule has 1 fully saturated rings. The fourth-order valence-corrected chi connectivity index (χ4v) is 1.96. The third-order valence-electron chi connectivity index (χ3n) is 2.62. The van der Waals surface area contributed by atoms with Gasteiger partial charge in [-0.15, -0.1) is 0 Å². The highest BCUT2D eigenvalue weighted by Gasteiger charge is 2.32. The second-order valence-electron chi connectivity index (χ2n) is 3.97. The Balaban J connectivity index is 0.00000121. The van der Waals surface area contributed by atoms with Crippen LogP contribution in [0.5, 0.6) is 0 Å². The largest absolute Gasteiger partial charge is 0.350 e. The molecule has 0 radical (unpaired) electrons. The number of likely N-dealkylation sites (tertiary alicyclic amines) is 1. The van der Waals surface area contributed by atoms with Gasteiger partial charge in [-0.1, -0.05) is 20.8 Å². The predicted octanol–water partition coefficient (Wildman–Crippen LogP) is 0.358. The van der Waals surface area contributed by atoms with Crippen LogP contribution < -0.4 is 10.6 Å². The van der Waals surface area contributed by atoms with Crippen molar-refractivity contribution >= 4 is 11.8 Å². The van der Waals surface area contributed by atoms with Crippen molar-refractivity contribution in [2.24, 2.45) is 0 Å². The number of nitrogens with zero attached hydrogens (tertiary/aromatic N) is 1. The molecule has 1 aliphatic heterocycles. The van der Waals surface area contributed by atoms with Crippen molar-refractivity contribution in [3.63, 3.8) is 0 Å². The minimum atomic E-state index is -0.0479. The molecule has 0 aromatic carbocycles. The highest BCUT2D eigenvalue weighted by molar-refractivity contribution is 5.75. The Hall–Kier alpha value is -1.10. The second-order valence-corrected chi connectivity index (χ2v) is 3.97. The highest BCUT2D eigenvalue weighted by Crippen LogP contribution is 2.09. The normalized spacial score (nSPS) is 23.6. The molecule has 2 unspecified atom stereocenters. The fourth-order valence-electron chi connectivity index (χ4n) is 1.96. The number of carbonyl (C=O) groups is 2. The molecule has 0 spiro atoms. The maximum Gasteiger partial charge on any atom is 0.217 e. The van der Waals surface area contributed by atoms with Crippen LogP contribution in [-0.4, -0.2) is 48.4 Å². The van der Waals surface area contributed by atoms with Gasteiger partial charge in [0, 0.05) is 26.9 Å². The lowest BCUT2D eigenvalue weighted by molar-refractivity contribution is -0.122. The van der Waals surface area contributed by atoms with Crippen molar-refractivity contribution in [3.8, 4) is 0 Å². The van der Waals surface area contributed by atoms with Crippen LogP contribution in [0.3, 0.4) is 0 Å². The van der Waals surface area contributed by atoms with Crippen LogP contribution in [0, 0.1) is 0 Å².